The van der Waals surface area contributed by atoms with Crippen molar-refractivity contribution < 1.29 is 9.59 Å². The summed E-state index contributed by atoms with van der Waals surface area (Å²) in [6.07, 6.45) is 0.513. The molecular weight excluding hydrogens is 358 g/mol. The molecule has 2 aromatic rings. The first-order valence-corrected chi connectivity index (χ1v) is 9.36. The van der Waals surface area contributed by atoms with E-state index < -0.39 is 11.2 Å². The van der Waals surface area contributed by atoms with Crippen molar-refractivity contribution in [2.45, 2.75) is 25.5 Å². The number of amides is 2. The molecule has 1 aliphatic rings. The maximum Gasteiger partial charge on any atom is 0.262 e. The number of rotatable bonds is 4. The molecule has 5 nitrogen and oxygen atoms in total. The van der Waals surface area contributed by atoms with Crippen LogP contribution in [0.15, 0.2) is 59.1 Å². The molecule has 2 N–H and O–H groups in total. The van der Waals surface area contributed by atoms with E-state index in [1.165, 1.54) is 16.7 Å². The number of hydrogen-bond acceptors (Lipinski definition) is 4. The van der Waals surface area contributed by atoms with Crippen LogP contribution in [0.4, 0.5) is 5.69 Å². The zero-order chi connectivity index (χ0) is 19.6. The Balaban J connectivity index is 2.06. The van der Waals surface area contributed by atoms with Gasteiger partial charge in [0.2, 0.25) is 5.91 Å². The van der Waals surface area contributed by atoms with Gasteiger partial charge >= 0.3 is 0 Å². The summed E-state index contributed by atoms with van der Waals surface area (Å²) >= 11 is 1.22. The average Bonchev–Trinajstić information content (AvgIpc) is 2.93. The second-order valence-electron chi connectivity index (χ2n) is 6.41. The van der Waals surface area contributed by atoms with Gasteiger partial charge in [0.25, 0.3) is 5.91 Å². The minimum absolute atomic E-state index is 0.155. The Hall–Kier alpha value is -3.04. The van der Waals surface area contributed by atoms with Crippen molar-refractivity contribution in [3.63, 3.8) is 0 Å². The van der Waals surface area contributed by atoms with E-state index in [1.54, 1.807) is 6.07 Å². The predicted molar refractivity (Wildman–Crippen MR) is 107 cm³/mol. The van der Waals surface area contributed by atoms with Gasteiger partial charge in [-0.1, -0.05) is 48.2 Å². The number of nitrogens with zero attached hydrogens (tertiary/aromatic N) is 2. The van der Waals surface area contributed by atoms with E-state index >= 15 is 0 Å². The lowest BCUT2D eigenvalue weighted by atomic mass is 10.0. The zero-order valence-electron chi connectivity index (χ0n) is 15.1. The van der Waals surface area contributed by atoms with Crippen LogP contribution in [0.25, 0.3) is 0 Å². The van der Waals surface area contributed by atoms with Crippen molar-refractivity contribution in [1.29, 1.82) is 5.26 Å². The van der Waals surface area contributed by atoms with Crippen LogP contribution >= 0.6 is 11.8 Å². The third-order valence-corrected chi connectivity index (χ3v) is 5.71. The van der Waals surface area contributed by atoms with Gasteiger partial charge < -0.3 is 5.73 Å². The highest BCUT2D eigenvalue weighted by Gasteiger charge is 2.40. The maximum atomic E-state index is 13.2. The third kappa shape index (κ3) is 3.74. The molecule has 136 valence electrons. The zero-order valence-corrected chi connectivity index (χ0v) is 15.9. The van der Waals surface area contributed by atoms with E-state index in [4.69, 9.17) is 5.73 Å². The number of carbonyl (C=O) groups is 2. The van der Waals surface area contributed by atoms with Crippen LogP contribution in [-0.4, -0.2) is 17.1 Å². The molecule has 27 heavy (non-hydrogen) atoms. The molecule has 2 aromatic carbocycles. The third-order valence-electron chi connectivity index (χ3n) is 4.45. The Bertz CT molecular complexity index is 991. The van der Waals surface area contributed by atoms with Crippen LogP contribution in [0.2, 0.25) is 0 Å². The van der Waals surface area contributed by atoms with Gasteiger partial charge in [-0.3, -0.25) is 14.5 Å². The number of anilines is 1. The molecule has 0 spiro atoms. The number of thioether (sulfide) groups is 1. The van der Waals surface area contributed by atoms with Gasteiger partial charge in [-0.25, -0.2) is 0 Å². The number of nitriles is 1. The average molecular weight is 377 g/mol. The SMILES string of the molecule is Cc1cccc(N2C(=O)[C@@H](Cc3ccccc3C)S/C2=C(/C#N)C(N)=O)c1. The number of primary amides is 1. The Morgan fingerprint density at radius 3 is 2.59 bits per heavy atom. The van der Waals surface area contributed by atoms with Crippen LogP contribution in [0, 0.1) is 25.2 Å². The Kier molecular flexibility index (Phi) is 5.33. The van der Waals surface area contributed by atoms with Crippen LogP contribution in [0.3, 0.4) is 0 Å². The standard InChI is InChI=1S/C21H19N3O2S/c1-13-6-5-9-16(10-13)24-20(26)18(11-15-8-4-3-7-14(15)2)27-21(24)17(12-22)19(23)25/h3-10,18H,11H2,1-2H3,(H2,23,25)/b21-17-/t18-/m1/s1. The number of aryl methyl sites for hydroxylation is 2. The number of hydrogen-bond donors (Lipinski definition) is 1. The first-order valence-electron chi connectivity index (χ1n) is 8.48. The second kappa shape index (κ2) is 7.68. The maximum absolute atomic E-state index is 13.2. The normalized spacial score (nSPS) is 18.3. The molecule has 0 aromatic heterocycles. The fraction of sp³-hybridized carbons (Fsp3) is 0.190. The molecule has 1 aliphatic heterocycles. The fourth-order valence-corrected chi connectivity index (χ4v) is 4.34. The van der Waals surface area contributed by atoms with Crippen molar-refractivity contribution in [3.8, 4) is 6.07 Å². The summed E-state index contributed by atoms with van der Waals surface area (Å²) in [5.41, 5.74) is 8.97. The second-order valence-corrected chi connectivity index (χ2v) is 7.60. The summed E-state index contributed by atoms with van der Waals surface area (Å²) in [7, 11) is 0. The number of benzene rings is 2. The monoisotopic (exact) mass is 377 g/mol. The molecule has 0 radical (unpaired) electrons. The summed E-state index contributed by atoms with van der Waals surface area (Å²) in [5, 5.41) is 9.30. The van der Waals surface area contributed by atoms with E-state index in [0.29, 0.717) is 17.1 Å². The fourth-order valence-electron chi connectivity index (χ4n) is 3.04. The van der Waals surface area contributed by atoms with Crippen molar-refractivity contribution >= 4 is 29.3 Å². The first kappa shape index (κ1) is 18.7. The van der Waals surface area contributed by atoms with E-state index in [2.05, 4.69) is 0 Å². The van der Waals surface area contributed by atoms with Crippen molar-refractivity contribution in [1.82, 2.24) is 0 Å². The van der Waals surface area contributed by atoms with Crippen molar-refractivity contribution in [2.75, 3.05) is 4.90 Å². The molecule has 1 fully saturated rings. The van der Waals surface area contributed by atoms with Gasteiger partial charge in [-0.15, -0.1) is 0 Å². The molecular formula is C21H19N3O2S. The van der Waals surface area contributed by atoms with Crippen LogP contribution in [0.1, 0.15) is 16.7 Å². The number of nitrogens with two attached hydrogens (primary N) is 1. The summed E-state index contributed by atoms with van der Waals surface area (Å²) < 4.78 is 0. The van der Waals surface area contributed by atoms with Crippen LogP contribution in [-0.2, 0) is 16.0 Å². The van der Waals surface area contributed by atoms with E-state index in [0.717, 1.165) is 16.7 Å². The van der Waals surface area contributed by atoms with Crippen LogP contribution < -0.4 is 10.6 Å². The molecule has 1 saturated heterocycles. The highest BCUT2D eigenvalue weighted by molar-refractivity contribution is 8.05. The lowest BCUT2D eigenvalue weighted by molar-refractivity contribution is -0.117. The van der Waals surface area contributed by atoms with Crippen molar-refractivity contribution in [3.05, 3.63) is 75.8 Å². The quantitative estimate of drug-likeness (QED) is 0.655. The molecule has 3 rings (SSSR count). The Morgan fingerprint density at radius 2 is 1.96 bits per heavy atom. The topological polar surface area (TPSA) is 87.2 Å². The first-order chi connectivity index (χ1) is 12.9. The highest BCUT2D eigenvalue weighted by atomic mass is 32.2. The molecule has 1 heterocycles. The molecule has 0 unspecified atom stereocenters. The lowest BCUT2D eigenvalue weighted by Crippen LogP contribution is -2.31. The smallest absolute Gasteiger partial charge is 0.262 e. The Morgan fingerprint density at radius 1 is 1.22 bits per heavy atom. The summed E-state index contributed by atoms with van der Waals surface area (Å²) in [6, 6.07) is 17.1. The molecule has 0 aliphatic carbocycles. The van der Waals surface area contributed by atoms with Gasteiger partial charge in [0.15, 0.2) is 0 Å². The molecule has 1 atom stereocenters. The van der Waals surface area contributed by atoms with Gasteiger partial charge in [-0.05, 0) is 49.1 Å². The lowest BCUT2D eigenvalue weighted by Gasteiger charge is -2.18. The van der Waals surface area contributed by atoms with E-state index in [1.807, 2.05) is 62.4 Å². The Labute approximate surface area is 162 Å². The van der Waals surface area contributed by atoms with Crippen molar-refractivity contribution in [2.24, 2.45) is 5.73 Å². The van der Waals surface area contributed by atoms with E-state index in [-0.39, 0.29) is 11.5 Å². The molecule has 6 heteroatoms. The summed E-state index contributed by atoms with van der Waals surface area (Å²) in [6.45, 7) is 3.92. The van der Waals surface area contributed by atoms with Crippen LogP contribution in [0.5, 0.6) is 0 Å². The largest absolute Gasteiger partial charge is 0.365 e. The molecule has 2 amide bonds. The minimum atomic E-state index is -0.831. The van der Waals surface area contributed by atoms with Gasteiger partial charge in [0, 0.05) is 5.69 Å². The highest BCUT2D eigenvalue weighted by Crippen LogP contribution is 2.42. The van der Waals surface area contributed by atoms with Gasteiger partial charge in [0.05, 0.1) is 5.25 Å². The molecule has 0 bridgehead atoms. The minimum Gasteiger partial charge on any atom is -0.365 e. The van der Waals surface area contributed by atoms with Gasteiger partial charge in [-0.2, -0.15) is 5.26 Å². The van der Waals surface area contributed by atoms with Gasteiger partial charge in [0.1, 0.15) is 16.7 Å². The number of carbonyl (C=O) groups excluding carboxylic acids is 2. The predicted octanol–water partition coefficient (Wildman–Crippen LogP) is 3.22. The molecule has 0 saturated carbocycles. The van der Waals surface area contributed by atoms with E-state index in [9.17, 15) is 14.9 Å². The summed E-state index contributed by atoms with van der Waals surface area (Å²) in [5.74, 6) is -0.986. The summed E-state index contributed by atoms with van der Waals surface area (Å²) in [4.78, 5) is 26.4.